The number of carbonyl (C=O) groups excluding carboxylic acids is 1. The van der Waals surface area contributed by atoms with Crippen molar-refractivity contribution in [2.75, 3.05) is 0 Å². The highest BCUT2D eigenvalue weighted by atomic mass is 35.5. The average Bonchev–Trinajstić information content (AvgIpc) is 3.01. The van der Waals surface area contributed by atoms with Gasteiger partial charge in [-0.1, -0.05) is 17.7 Å². The quantitative estimate of drug-likeness (QED) is 0.706. The first kappa shape index (κ1) is 17.4. The van der Waals surface area contributed by atoms with Crippen molar-refractivity contribution in [2.24, 2.45) is 0 Å². The molecule has 3 aromatic rings. The molecule has 0 spiro atoms. The molecule has 1 atom stereocenters. The highest BCUT2D eigenvalue weighted by Crippen LogP contribution is 2.35. The molecule has 128 valence electrons. The van der Waals surface area contributed by atoms with Crippen LogP contribution in [0.15, 0.2) is 48.5 Å². The van der Waals surface area contributed by atoms with Gasteiger partial charge in [0.05, 0.1) is 10.4 Å². The summed E-state index contributed by atoms with van der Waals surface area (Å²) < 4.78 is 14.2. The van der Waals surface area contributed by atoms with Gasteiger partial charge >= 0.3 is 0 Å². The summed E-state index contributed by atoms with van der Waals surface area (Å²) in [6.07, 6.45) is 0. The van der Waals surface area contributed by atoms with Gasteiger partial charge in [-0.3, -0.25) is 4.79 Å². The summed E-state index contributed by atoms with van der Waals surface area (Å²) in [5, 5.41) is 12.9. The van der Waals surface area contributed by atoms with E-state index >= 15 is 0 Å². The lowest BCUT2D eigenvalue weighted by Crippen LogP contribution is -2.29. The number of hydrogen-bond acceptors (Lipinski definition) is 4. The van der Waals surface area contributed by atoms with Crippen LogP contribution in [0.5, 0.6) is 5.75 Å². The van der Waals surface area contributed by atoms with Gasteiger partial charge in [-0.25, -0.2) is 9.37 Å². The van der Waals surface area contributed by atoms with Crippen LogP contribution in [0, 0.1) is 12.7 Å². The number of aryl methyl sites for hydroxylation is 1. The zero-order valence-corrected chi connectivity index (χ0v) is 14.7. The first-order chi connectivity index (χ1) is 11.9. The Hall–Kier alpha value is -2.44. The minimum Gasteiger partial charge on any atom is -0.508 e. The molecule has 2 aromatic heterocycles. The Kier molecular flexibility index (Phi) is 5.01. The number of hydrogen-bond donors (Lipinski definition) is 2. The fourth-order valence-corrected chi connectivity index (χ4v) is 3.55. The molecule has 0 bridgehead atoms. The number of halogens is 2. The van der Waals surface area contributed by atoms with E-state index in [0.717, 1.165) is 6.07 Å². The van der Waals surface area contributed by atoms with Gasteiger partial charge in [-0.05, 0) is 49.4 Å². The molecule has 25 heavy (non-hydrogen) atoms. The van der Waals surface area contributed by atoms with E-state index in [-0.39, 0.29) is 17.0 Å². The van der Waals surface area contributed by atoms with E-state index in [0.29, 0.717) is 14.9 Å². The zero-order valence-electron chi connectivity index (χ0n) is 13.2. The Bertz CT molecular complexity index is 929. The molecule has 0 aliphatic carbocycles. The maximum atomic E-state index is 13.7. The third-order valence-corrected chi connectivity index (χ3v) is 4.87. The number of nitrogens with zero attached hydrogens (tertiary/aromatic N) is 1. The molecular weight excluding hydrogens is 363 g/mol. The SMILES string of the molecule is Cc1cccc(C(=O)N[C@H](c2ccc(Cl)s2)c2cc(F)ccc2O)n1. The van der Waals surface area contributed by atoms with Gasteiger partial charge in [0.2, 0.25) is 0 Å². The second-order valence-electron chi connectivity index (χ2n) is 5.42. The van der Waals surface area contributed by atoms with Crippen molar-refractivity contribution in [2.45, 2.75) is 13.0 Å². The number of phenols is 1. The van der Waals surface area contributed by atoms with Crippen molar-refractivity contribution in [3.05, 3.63) is 80.5 Å². The molecule has 1 amide bonds. The van der Waals surface area contributed by atoms with Crippen LogP contribution >= 0.6 is 22.9 Å². The highest BCUT2D eigenvalue weighted by molar-refractivity contribution is 7.16. The normalized spacial score (nSPS) is 12.0. The number of carbonyl (C=O) groups is 1. The molecular formula is C18H14ClFN2O2S. The summed E-state index contributed by atoms with van der Waals surface area (Å²) in [6, 6.07) is 11.4. The van der Waals surface area contributed by atoms with E-state index < -0.39 is 17.8 Å². The molecule has 2 heterocycles. The van der Waals surface area contributed by atoms with Crippen molar-refractivity contribution in [1.82, 2.24) is 10.3 Å². The lowest BCUT2D eigenvalue weighted by Gasteiger charge is -2.19. The lowest BCUT2D eigenvalue weighted by molar-refractivity contribution is 0.0938. The topological polar surface area (TPSA) is 62.2 Å². The van der Waals surface area contributed by atoms with Crippen molar-refractivity contribution in [3.63, 3.8) is 0 Å². The van der Waals surface area contributed by atoms with Gasteiger partial charge < -0.3 is 10.4 Å². The van der Waals surface area contributed by atoms with Crippen LogP contribution in [0.4, 0.5) is 4.39 Å². The average molecular weight is 377 g/mol. The van der Waals surface area contributed by atoms with E-state index in [9.17, 15) is 14.3 Å². The number of phenolic OH excluding ortho intramolecular Hbond substituents is 1. The Labute approximate surface area is 152 Å². The Morgan fingerprint density at radius 2 is 2.08 bits per heavy atom. The van der Waals surface area contributed by atoms with E-state index in [1.165, 1.54) is 23.5 Å². The standard InChI is InChI=1S/C18H14ClFN2O2S/c1-10-3-2-4-13(21-10)18(24)22-17(15-7-8-16(19)25-15)12-9-11(20)5-6-14(12)23/h2-9,17,23H,1H3,(H,22,24)/t17-/m0/s1. The van der Waals surface area contributed by atoms with Crippen molar-refractivity contribution in [1.29, 1.82) is 0 Å². The summed E-state index contributed by atoms with van der Waals surface area (Å²) in [7, 11) is 0. The summed E-state index contributed by atoms with van der Waals surface area (Å²) in [5.74, 6) is -1.06. The lowest BCUT2D eigenvalue weighted by atomic mass is 10.0. The first-order valence-corrected chi connectivity index (χ1v) is 8.61. The number of benzene rings is 1. The van der Waals surface area contributed by atoms with Crippen molar-refractivity contribution in [3.8, 4) is 5.75 Å². The minimum absolute atomic E-state index is 0.117. The van der Waals surface area contributed by atoms with Crippen LogP contribution in [-0.2, 0) is 0 Å². The number of nitrogens with one attached hydrogen (secondary N) is 1. The number of aromatic nitrogens is 1. The highest BCUT2D eigenvalue weighted by Gasteiger charge is 2.23. The summed E-state index contributed by atoms with van der Waals surface area (Å²) >= 11 is 7.24. The largest absolute Gasteiger partial charge is 0.508 e. The number of thiophene rings is 1. The van der Waals surface area contributed by atoms with E-state index in [2.05, 4.69) is 10.3 Å². The molecule has 0 saturated carbocycles. The number of rotatable bonds is 4. The fourth-order valence-electron chi connectivity index (χ4n) is 2.42. The summed E-state index contributed by atoms with van der Waals surface area (Å²) in [4.78, 5) is 17.4. The van der Waals surface area contributed by atoms with E-state index in [1.807, 2.05) is 0 Å². The number of amides is 1. The van der Waals surface area contributed by atoms with Crippen LogP contribution in [0.3, 0.4) is 0 Å². The van der Waals surface area contributed by atoms with Gasteiger partial charge in [-0.2, -0.15) is 0 Å². The molecule has 0 aliphatic heterocycles. The molecule has 4 nitrogen and oxygen atoms in total. The fraction of sp³-hybridized carbons (Fsp3) is 0.111. The summed E-state index contributed by atoms with van der Waals surface area (Å²) in [6.45, 7) is 1.78. The first-order valence-electron chi connectivity index (χ1n) is 7.42. The molecule has 0 radical (unpaired) electrons. The molecule has 0 fully saturated rings. The molecule has 1 aromatic carbocycles. The summed E-state index contributed by atoms with van der Waals surface area (Å²) in [5.41, 5.74) is 1.19. The molecule has 0 saturated heterocycles. The molecule has 0 unspecified atom stereocenters. The predicted molar refractivity (Wildman–Crippen MR) is 95.7 cm³/mol. The molecule has 3 rings (SSSR count). The number of pyridine rings is 1. The van der Waals surface area contributed by atoms with Crippen LogP contribution in [0.2, 0.25) is 4.34 Å². The number of aromatic hydroxyl groups is 1. The van der Waals surface area contributed by atoms with Crippen LogP contribution in [0.25, 0.3) is 0 Å². The van der Waals surface area contributed by atoms with Crippen molar-refractivity contribution < 1.29 is 14.3 Å². The maximum absolute atomic E-state index is 13.7. The van der Waals surface area contributed by atoms with Gasteiger partial charge in [0.15, 0.2) is 0 Å². The van der Waals surface area contributed by atoms with E-state index in [4.69, 9.17) is 11.6 Å². The van der Waals surface area contributed by atoms with Gasteiger partial charge in [0, 0.05) is 16.1 Å². The Morgan fingerprint density at radius 1 is 1.28 bits per heavy atom. The monoisotopic (exact) mass is 376 g/mol. The molecule has 0 aliphatic rings. The Morgan fingerprint density at radius 3 is 2.76 bits per heavy atom. The maximum Gasteiger partial charge on any atom is 0.270 e. The van der Waals surface area contributed by atoms with Gasteiger partial charge in [0.1, 0.15) is 17.3 Å². The zero-order chi connectivity index (χ0) is 18.0. The molecule has 2 N–H and O–H groups in total. The second-order valence-corrected chi connectivity index (χ2v) is 7.16. The van der Waals surface area contributed by atoms with E-state index in [1.54, 1.807) is 37.3 Å². The van der Waals surface area contributed by atoms with Gasteiger partial charge in [-0.15, -0.1) is 11.3 Å². The third kappa shape index (κ3) is 3.97. The molecule has 7 heteroatoms. The third-order valence-electron chi connectivity index (χ3n) is 3.58. The second kappa shape index (κ2) is 7.21. The van der Waals surface area contributed by atoms with Gasteiger partial charge in [0.25, 0.3) is 5.91 Å². The smallest absolute Gasteiger partial charge is 0.270 e. The van der Waals surface area contributed by atoms with Crippen LogP contribution in [-0.4, -0.2) is 16.0 Å². The van der Waals surface area contributed by atoms with Crippen LogP contribution < -0.4 is 5.32 Å². The minimum atomic E-state index is -0.747. The predicted octanol–water partition coefficient (Wildman–Crippen LogP) is 4.47. The van der Waals surface area contributed by atoms with Crippen molar-refractivity contribution >= 4 is 28.8 Å². The Balaban J connectivity index is 2.00. The van der Waals surface area contributed by atoms with Crippen LogP contribution in [0.1, 0.15) is 32.7 Å².